The zero-order valence-corrected chi connectivity index (χ0v) is 25.7. The predicted octanol–water partition coefficient (Wildman–Crippen LogP) is 6.41. The van der Waals surface area contributed by atoms with Crippen LogP contribution in [0.25, 0.3) is 12.2 Å². The van der Waals surface area contributed by atoms with E-state index in [-0.39, 0.29) is 0 Å². The summed E-state index contributed by atoms with van der Waals surface area (Å²) in [6.07, 6.45) is 8.77. The van der Waals surface area contributed by atoms with Crippen LogP contribution in [0.1, 0.15) is 22.3 Å². The highest BCUT2D eigenvalue weighted by atomic mass is 16.5. The minimum absolute atomic E-state index is 0.305. The van der Waals surface area contributed by atoms with Crippen molar-refractivity contribution in [3.05, 3.63) is 119 Å². The molecule has 0 aromatic heterocycles. The van der Waals surface area contributed by atoms with Crippen LogP contribution in [0.4, 0.5) is 0 Å². The maximum Gasteiger partial charge on any atom is 0.336 e. The van der Waals surface area contributed by atoms with Crippen LogP contribution >= 0.6 is 0 Å². The number of ether oxygens (including phenoxy) is 6. The molecule has 0 aliphatic carbocycles. The molecule has 0 N–H and O–H groups in total. The van der Waals surface area contributed by atoms with Crippen molar-refractivity contribution in [2.24, 2.45) is 10.2 Å². The summed E-state index contributed by atoms with van der Waals surface area (Å²) in [7, 11) is 6.18. The molecule has 0 spiro atoms. The first-order valence-corrected chi connectivity index (χ1v) is 13.9. The molecule has 0 fully saturated rings. The van der Waals surface area contributed by atoms with Gasteiger partial charge in [0.2, 0.25) is 0 Å². The van der Waals surface area contributed by atoms with Crippen LogP contribution in [0.5, 0.6) is 34.5 Å². The fourth-order valence-corrected chi connectivity index (χ4v) is 4.08. The monoisotopic (exact) mass is 620 g/mol. The van der Waals surface area contributed by atoms with Crippen LogP contribution in [-0.2, 0) is 9.59 Å². The van der Waals surface area contributed by atoms with Crippen LogP contribution in [0, 0.1) is 0 Å². The van der Waals surface area contributed by atoms with Crippen LogP contribution in [0.2, 0.25) is 0 Å². The first-order valence-electron chi connectivity index (χ1n) is 13.9. The second-order valence-electron chi connectivity index (χ2n) is 9.30. The molecule has 234 valence electrons. The van der Waals surface area contributed by atoms with E-state index >= 15 is 0 Å². The summed E-state index contributed by atoms with van der Waals surface area (Å²) in [5.74, 6) is 1.72. The number of benzene rings is 4. The maximum absolute atomic E-state index is 12.5. The maximum atomic E-state index is 12.5. The number of hydrogen-bond donors (Lipinski definition) is 0. The highest BCUT2D eigenvalue weighted by molar-refractivity contribution is 5.93. The first kappa shape index (κ1) is 32.7. The third kappa shape index (κ3) is 9.17. The zero-order valence-electron chi connectivity index (χ0n) is 25.7. The Hall–Kier alpha value is -6.16. The third-order valence-electron chi connectivity index (χ3n) is 6.36. The number of carbonyl (C=O) groups excluding carboxylic acids is 2. The van der Waals surface area contributed by atoms with E-state index in [9.17, 15) is 9.59 Å². The van der Waals surface area contributed by atoms with Gasteiger partial charge in [0.05, 0.1) is 40.9 Å². The molecule has 0 unspecified atom stereocenters. The molecule has 0 saturated carbocycles. The molecule has 0 aliphatic rings. The van der Waals surface area contributed by atoms with Gasteiger partial charge in [0, 0.05) is 23.3 Å². The fraction of sp³-hybridized carbons (Fsp3) is 0.111. The van der Waals surface area contributed by atoms with Gasteiger partial charge in [0.1, 0.15) is 11.5 Å². The van der Waals surface area contributed by atoms with Gasteiger partial charge in [-0.2, -0.15) is 10.2 Å². The Balaban J connectivity index is 1.38. The number of carbonyl (C=O) groups is 2. The lowest BCUT2D eigenvalue weighted by atomic mass is 10.2. The number of esters is 2. The molecule has 4 aromatic rings. The normalized spacial score (nSPS) is 11.3. The minimum atomic E-state index is -0.574. The Bertz CT molecular complexity index is 1660. The summed E-state index contributed by atoms with van der Waals surface area (Å²) in [5, 5.41) is 8.19. The molecule has 4 rings (SSSR count). The predicted molar refractivity (Wildman–Crippen MR) is 177 cm³/mol. The van der Waals surface area contributed by atoms with E-state index in [1.54, 1.807) is 111 Å². The zero-order chi connectivity index (χ0) is 32.7. The third-order valence-corrected chi connectivity index (χ3v) is 6.36. The Morgan fingerprint density at radius 2 is 0.891 bits per heavy atom. The summed E-state index contributed by atoms with van der Waals surface area (Å²) >= 11 is 0. The fourth-order valence-electron chi connectivity index (χ4n) is 4.08. The molecular formula is C36H32N2O8. The van der Waals surface area contributed by atoms with E-state index < -0.39 is 11.9 Å². The Morgan fingerprint density at radius 1 is 0.500 bits per heavy atom. The number of rotatable bonds is 13. The number of methoxy groups -OCH3 is 4. The van der Waals surface area contributed by atoms with E-state index in [4.69, 9.17) is 28.4 Å². The highest BCUT2D eigenvalue weighted by Gasteiger charge is 2.08. The van der Waals surface area contributed by atoms with E-state index in [0.29, 0.717) is 45.6 Å². The van der Waals surface area contributed by atoms with Crippen LogP contribution in [-0.4, -0.2) is 52.8 Å². The van der Waals surface area contributed by atoms with Gasteiger partial charge in [-0.1, -0.05) is 36.4 Å². The Morgan fingerprint density at radius 3 is 1.28 bits per heavy atom. The molecular weight excluding hydrogens is 588 g/mol. The average Bonchev–Trinajstić information content (AvgIpc) is 3.09. The molecule has 0 radical (unpaired) electrons. The quantitative estimate of drug-likeness (QED) is 0.0554. The summed E-state index contributed by atoms with van der Waals surface area (Å²) in [5.41, 5.74) is 2.54. The van der Waals surface area contributed by atoms with Crippen molar-refractivity contribution < 1.29 is 38.0 Å². The van der Waals surface area contributed by atoms with Crippen molar-refractivity contribution >= 4 is 36.5 Å². The van der Waals surface area contributed by atoms with E-state index in [1.807, 2.05) is 0 Å². The van der Waals surface area contributed by atoms with E-state index in [2.05, 4.69) is 10.2 Å². The van der Waals surface area contributed by atoms with Gasteiger partial charge in [0.25, 0.3) is 0 Å². The van der Waals surface area contributed by atoms with Gasteiger partial charge >= 0.3 is 11.9 Å². The number of hydrogen-bond acceptors (Lipinski definition) is 10. The molecule has 10 heteroatoms. The van der Waals surface area contributed by atoms with Gasteiger partial charge in [-0.15, -0.1) is 0 Å². The minimum Gasteiger partial charge on any atom is -0.493 e. The lowest BCUT2D eigenvalue weighted by Gasteiger charge is -2.07. The number of nitrogens with zero attached hydrogens (tertiary/aromatic N) is 2. The number of para-hydroxylation sites is 2. The van der Waals surface area contributed by atoms with Gasteiger partial charge in [0.15, 0.2) is 23.0 Å². The summed E-state index contributed by atoms with van der Waals surface area (Å²) in [4.78, 5) is 25.1. The van der Waals surface area contributed by atoms with Crippen molar-refractivity contribution in [1.29, 1.82) is 0 Å². The van der Waals surface area contributed by atoms with Crippen molar-refractivity contribution in [3.8, 4) is 34.5 Å². The van der Waals surface area contributed by atoms with Crippen LogP contribution in [0.15, 0.2) is 107 Å². The molecule has 10 nitrogen and oxygen atoms in total. The molecule has 46 heavy (non-hydrogen) atoms. The second-order valence-corrected chi connectivity index (χ2v) is 9.30. The first-order chi connectivity index (χ1) is 22.4. The van der Waals surface area contributed by atoms with Crippen LogP contribution in [0.3, 0.4) is 0 Å². The smallest absolute Gasteiger partial charge is 0.336 e. The van der Waals surface area contributed by atoms with Gasteiger partial charge in [-0.05, 0) is 71.8 Å². The van der Waals surface area contributed by atoms with Crippen molar-refractivity contribution in [2.45, 2.75) is 0 Å². The summed E-state index contributed by atoms with van der Waals surface area (Å²) in [6.45, 7) is 0. The van der Waals surface area contributed by atoms with Crippen LogP contribution < -0.4 is 28.4 Å². The largest absolute Gasteiger partial charge is 0.493 e. The topological polar surface area (TPSA) is 114 Å². The van der Waals surface area contributed by atoms with Gasteiger partial charge < -0.3 is 28.4 Å². The molecule has 0 atom stereocenters. The molecule has 4 aromatic carbocycles. The van der Waals surface area contributed by atoms with Crippen molar-refractivity contribution in [1.82, 2.24) is 0 Å². The van der Waals surface area contributed by atoms with Gasteiger partial charge in [-0.3, -0.25) is 0 Å². The summed E-state index contributed by atoms with van der Waals surface area (Å²) in [6, 6.07) is 24.4. The second kappa shape index (κ2) is 16.6. The van der Waals surface area contributed by atoms with Crippen molar-refractivity contribution in [2.75, 3.05) is 28.4 Å². The van der Waals surface area contributed by atoms with E-state index in [1.165, 1.54) is 38.8 Å². The lowest BCUT2D eigenvalue weighted by Crippen LogP contribution is -2.06. The highest BCUT2D eigenvalue weighted by Crippen LogP contribution is 2.29. The summed E-state index contributed by atoms with van der Waals surface area (Å²) < 4.78 is 32.1. The van der Waals surface area contributed by atoms with Gasteiger partial charge in [-0.25, -0.2) is 9.59 Å². The van der Waals surface area contributed by atoms with Crippen molar-refractivity contribution in [3.63, 3.8) is 0 Å². The molecule has 0 heterocycles. The molecule has 0 saturated heterocycles. The Labute approximate surface area is 266 Å². The standard InChI is InChI=1S/C36H32N2O8/c1-41-31-17-13-25(21-33(31)43-3)15-19-35(39)45-29-11-7-5-9-27(29)23-37-38-24-28-10-6-8-12-30(28)46-36(40)20-16-26-14-18-32(42-2)34(22-26)44-4/h5-24H,1-4H3/b19-15+,20-16+,37-23+,38-24+. The lowest BCUT2D eigenvalue weighted by molar-refractivity contribution is -0.129. The Kier molecular flexibility index (Phi) is 11.8. The molecule has 0 aliphatic heterocycles. The SMILES string of the molecule is COc1ccc(/C=C/C(=O)Oc2ccccc2/C=N/N=C/c2ccccc2OC(=O)/C=C/c2ccc(OC)c(OC)c2)cc1OC. The molecule has 0 bridgehead atoms. The molecule has 0 amide bonds. The average molecular weight is 621 g/mol. The van der Waals surface area contributed by atoms with E-state index in [0.717, 1.165) is 11.1 Å².